The number of hydrogen-bond donors (Lipinski definition) is 1. The van der Waals surface area contributed by atoms with Crippen molar-refractivity contribution in [2.24, 2.45) is 10.2 Å². The van der Waals surface area contributed by atoms with Crippen molar-refractivity contribution >= 4 is 40.4 Å². The summed E-state index contributed by atoms with van der Waals surface area (Å²) in [6.07, 6.45) is 0. The first-order valence-electron chi connectivity index (χ1n) is 8.67. The number of carbonyl (C=O) groups excluding carboxylic acids is 2. The second-order valence-electron chi connectivity index (χ2n) is 6.02. The molecule has 0 aliphatic carbocycles. The number of nitro groups is 1. The van der Waals surface area contributed by atoms with Crippen LogP contribution in [0.2, 0.25) is 5.02 Å². The highest BCUT2D eigenvalue weighted by molar-refractivity contribution is 6.32. The highest BCUT2D eigenvalue weighted by Crippen LogP contribution is 2.36. The van der Waals surface area contributed by atoms with E-state index < -0.39 is 22.7 Å². The Morgan fingerprint density at radius 1 is 1.06 bits per heavy atom. The minimum Gasteiger partial charge on any atom is -0.495 e. The summed E-state index contributed by atoms with van der Waals surface area (Å²) >= 11 is 6.05. The molecule has 0 spiro atoms. The maximum Gasteiger partial charge on any atom is 0.273 e. The maximum atomic E-state index is 12.7. The van der Waals surface area contributed by atoms with Crippen LogP contribution in [0.3, 0.4) is 0 Å². The predicted molar refractivity (Wildman–Crippen MR) is 112 cm³/mol. The summed E-state index contributed by atoms with van der Waals surface area (Å²) in [4.78, 5) is 35.0. The van der Waals surface area contributed by atoms with Crippen molar-refractivity contribution in [2.75, 3.05) is 26.6 Å². The number of halogens is 1. The standard InChI is InChI=1S/C19H19ClN4O7/c1-10(25)18(23-22-13-6-5-11(24(27)28)7-16(13)30-3)19(26)21-14-9-15(29-2)12(20)8-17(14)31-4/h5-9,18H,1-4H3,(H,21,26). The number of amides is 1. The molecule has 1 unspecified atom stereocenters. The Morgan fingerprint density at radius 3 is 2.26 bits per heavy atom. The van der Waals surface area contributed by atoms with Gasteiger partial charge < -0.3 is 19.5 Å². The van der Waals surface area contributed by atoms with E-state index in [1.54, 1.807) is 0 Å². The van der Waals surface area contributed by atoms with Crippen LogP contribution >= 0.6 is 11.6 Å². The minimum absolute atomic E-state index is 0.0600. The molecule has 164 valence electrons. The molecular weight excluding hydrogens is 432 g/mol. The zero-order valence-corrected chi connectivity index (χ0v) is 17.8. The molecule has 1 N–H and O–H groups in total. The zero-order chi connectivity index (χ0) is 23.1. The van der Waals surface area contributed by atoms with Crippen molar-refractivity contribution in [1.82, 2.24) is 0 Å². The maximum absolute atomic E-state index is 12.7. The minimum atomic E-state index is -1.49. The topological polar surface area (TPSA) is 142 Å². The first-order valence-corrected chi connectivity index (χ1v) is 9.05. The third kappa shape index (κ3) is 5.66. The van der Waals surface area contributed by atoms with Gasteiger partial charge in [0.15, 0.2) is 11.5 Å². The van der Waals surface area contributed by atoms with Crippen LogP contribution in [0.5, 0.6) is 17.2 Å². The number of non-ortho nitro benzene ring substituents is 1. The molecule has 0 saturated heterocycles. The number of nitrogens with one attached hydrogen (secondary N) is 1. The zero-order valence-electron chi connectivity index (χ0n) is 17.0. The number of benzene rings is 2. The van der Waals surface area contributed by atoms with Gasteiger partial charge in [-0.1, -0.05) is 11.6 Å². The van der Waals surface area contributed by atoms with E-state index in [1.165, 1.54) is 52.5 Å². The molecule has 0 radical (unpaired) electrons. The lowest BCUT2D eigenvalue weighted by Gasteiger charge is -2.14. The Balaban J connectivity index is 2.32. The van der Waals surface area contributed by atoms with Gasteiger partial charge in [-0.15, -0.1) is 0 Å². The van der Waals surface area contributed by atoms with Gasteiger partial charge in [0.1, 0.15) is 17.2 Å². The van der Waals surface area contributed by atoms with E-state index in [0.717, 1.165) is 6.07 Å². The van der Waals surface area contributed by atoms with Crippen LogP contribution in [0.25, 0.3) is 0 Å². The number of rotatable bonds is 9. The Kier molecular flexibility index (Phi) is 7.86. The number of Topliss-reactive ketones (excluding diaryl/α,β-unsaturated/α-hetero) is 1. The molecule has 2 aromatic carbocycles. The van der Waals surface area contributed by atoms with Gasteiger partial charge in [-0.2, -0.15) is 10.2 Å². The molecule has 1 atom stereocenters. The van der Waals surface area contributed by atoms with Crippen LogP contribution in [0.15, 0.2) is 40.6 Å². The van der Waals surface area contributed by atoms with E-state index in [2.05, 4.69) is 15.5 Å². The molecule has 12 heteroatoms. The molecule has 1 amide bonds. The first kappa shape index (κ1) is 23.5. The number of hydrogen-bond acceptors (Lipinski definition) is 9. The molecule has 11 nitrogen and oxygen atoms in total. The molecule has 31 heavy (non-hydrogen) atoms. The molecule has 0 aliphatic heterocycles. The normalized spacial score (nSPS) is 11.6. The van der Waals surface area contributed by atoms with E-state index in [-0.39, 0.29) is 39.3 Å². The van der Waals surface area contributed by atoms with E-state index in [4.69, 9.17) is 25.8 Å². The summed E-state index contributed by atoms with van der Waals surface area (Å²) in [6.45, 7) is 1.18. The van der Waals surface area contributed by atoms with Crippen molar-refractivity contribution in [2.45, 2.75) is 13.0 Å². The number of carbonyl (C=O) groups is 2. The molecule has 0 aromatic heterocycles. The summed E-state index contributed by atoms with van der Waals surface area (Å²) in [5.41, 5.74) is 0.112. The fourth-order valence-electron chi connectivity index (χ4n) is 2.46. The first-order chi connectivity index (χ1) is 14.7. The Labute approximate surface area is 182 Å². The summed E-state index contributed by atoms with van der Waals surface area (Å²) in [5, 5.41) is 21.4. The van der Waals surface area contributed by atoms with Crippen molar-refractivity contribution in [3.05, 3.63) is 45.5 Å². The lowest BCUT2D eigenvalue weighted by molar-refractivity contribution is -0.384. The van der Waals surface area contributed by atoms with E-state index in [9.17, 15) is 19.7 Å². The van der Waals surface area contributed by atoms with E-state index in [1.807, 2.05) is 0 Å². The fraction of sp³-hybridized carbons (Fsp3) is 0.263. The highest BCUT2D eigenvalue weighted by Gasteiger charge is 2.25. The smallest absolute Gasteiger partial charge is 0.273 e. The van der Waals surface area contributed by atoms with Gasteiger partial charge in [-0.25, -0.2) is 0 Å². The lowest BCUT2D eigenvalue weighted by atomic mass is 10.2. The van der Waals surface area contributed by atoms with Crippen molar-refractivity contribution in [3.8, 4) is 17.2 Å². The van der Waals surface area contributed by atoms with Crippen molar-refractivity contribution in [1.29, 1.82) is 0 Å². The summed E-state index contributed by atoms with van der Waals surface area (Å²) in [7, 11) is 4.09. The van der Waals surface area contributed by atoms with Gasteiger partial charge in [0.25, 0.3) is 11.6 Å². The molecule has 2 rings (SSSR count). The van der Waals surface area contributed by atoms with Crippen LogP contribution in [-0.2, 0) is 9.59 Å². The quantitative estimate of drug-likeness (QED) is 0.263. The number of azo groups is 1. The van der Waals surface area contributed by atoms with Gasteiger partial charge in [0, 0.05) is 18.2 Å². The molecule has 0 saturated carbocycles. The van der Waals surface area contributed by atoms with Gasteiger partial charge in [0.2, 0.25) is 6.04 Å². The number of anilines is 1. The Morgan fingerprint density at radius 2 is 1.71 bits per heavy atom. The van der Waals surface area contributed by atoms with Gasteiger partial charge in [-0.3, -0.25) is 19.7 Å². The number of nitrogens with zero attached hydrogens (tertiary/aromatic N) is 3. The van der Waals surface area contributed by atoms with Crippen molar-refractivity contribution in [3.63, 3.8) is 0 Å². The van der Waals surface area contributed by atoms with E-state index in [0.29, 0.717) is 0 Å². The average Bonchev–Trinajstić information content (AvgIpc) is 2.74. The molecule has 0 fully saturated rings. The number of nitro benzene ring substituents is 1. The van der Waals surface area contributed by atoms with Crippen LogP contribution in [0, 0.1) is 10.1 Å². The predicted octanol–water partition coefficient (Wildman–Crippen LogP) is 3.95. The third-order valence-corrected chi connectivity index (χ3v) is 4.32. The lowest BCUT2D eigenvalue weighted by Crippen LogP contribution is -2.32. The fourth-order valence-corrected chi connectivity index (χ4v) is 2.69. The SMILES string of the molecule is COc1cc(NC(=O)C(N=Nc2ccc([N+](=O)[O-])cc2OC)C(C)=O)c(OC)cc1Cl. The third-order valence-electron chi connectivity index (χ3n) is 4.02. The summed E-state index contributed by atoms with van der Waals surface area (Å²) < 4.78 is 15.4. The van der Waals surface area contributed by atoms with Crippen LogP contribution in [0.4, 0.5) is 17.1 Å². The number of ether oxygens (including phenoxy) is 3. The summed E-state index contributed by atoms with van der Waals surface area (Å²) in [6, 6.07) is 5.04. The average molecular weight is 451 g/mol. The number of ketones is 1. The molecule has 0 aliphatic rings. The summed E-state index contributed by atoms with van der Waals surface area (Å²) in [5.74, 6) is -0.767. The van der Waals surface area contributed by atoms with Gasteiger partial charge in [-0.05, 0) is 13.0 Å². The molecule has 0 bridgehead atoms. The van der Waals surface area contributed by atoms with Crippen LogP contribution in [0.1, 0.15) is 6.92 Å². The Bertz CT molecular complexity index is 1040. The second kappa shape index (κ2) is 10.3. The van der Waals surface area contributed by atoms with Gasteiger partial charge in [0.05, 0.1) is 43.0 Å². The van der Waals surface area contributed by atoms with Gasteiger partial charge >= 0.3 is 0 Å². The van der Waals surface area contributed by atoms with Crippen LogP contribution in [-0.4, -0.2) is 44.0 Å². The monoisotopic (exact) mass is 450 g/mol. The second-order valence-corrected chi connectivity index (χ2v) is 6.43. The van der Waals surface area contributed by atoms with E-state index >= 15 is 0 Å². The van der Waals surface area contributed by atoms with Crippen molar-refractivity contribution < 1.29 is 28.7 Å². The largest absolute Gasteiger partial charge is 0.495 e. The highest BCUT2D eigenvalue weighted by atomic mass is 35.5. The molecule has 0 heterocycles. The Hall–Kier alpha value is -3.73. The molecule has 2 aromatic rings. The number of methoxy groups -OCH3 is 3. The molecular formula is C19H19ClN4O7. The van der Waals surface area contributed by atoms with Crippen LogP contribution < -0.4 is 19.5 Å².